The molecular weight excluding hydrogens is 170 g/mol. The summed E-state index contributed by atoms with van der Waals surface area (Å²) in [6, 6.07) is 1.54. The van der Waals surface area contributed by atoms with Gasteiger partial charge >= 0.3 is 10.2 Å². The zero-order chi connectivity index (χ0) is 8.48. The Kier molecular flexibility index (Phi) is 1.94. The van der Waals surface area contributed by atoms with Crippen LogP contribution in [-0.2, 0) is 17.3 Å². The highest BCUT2D eigenvalue weighted by Crippen LogP contribution is 1.85. The van der Waals surface area contributed by atoms with E-state index in [1.165, 1.54) is 35.1 Å². The molecule has 0 aliphatic heterocycles. The predicted octanol–water partition coefficient (Wildman–Crippen LogP) is -1.62. The lowest BCUT2D eigenvalue weighted by molar-refractivity contribution is -0.737. The molecule has 0 fully saturated rings. The van der Waals surface area contributed by atoms with Crippen molar-refractivity contribution >= 4 is 10.2 Å². The summed E-state index contributed by atoms with van der Waals surface area (Å²) >= 11 is 0. The van der Waals surface area contributed by atoms with Crippen molar-refractivity contribution in [2.75, 3.05) is 0 Å². The standard InChI is InChI=1S/C4H8N3O3S/c1-6-3-2-4-7(6)11(9,10)5-8/h2-5,8H,1H3/q+1. The molecule has 62 valence electrons. The molecule has 1 heterocycles. The summed E-state index contributed by atoms with van der Waals surface area (Å²) in [5.74, 6) is 0. The first kappa shape index (κ1) is 8.18. The first-order valence-electron chi connectivity index (χ1n) is 2.77. The van der Waals surface area contributed by atoms with Gasteiger partial charge in [0.05, 0.1) is 6.20 Å². The molecule has 0 unspecified atom stereocenters. The van der Waals surface area contributed by atoms with Gasteiger partial charge in [0.15, 0.2) is 13.2 Å². The lowest BCUT2D eigenvalue weighted by Gasteiger charge is -1.97. The smallest absolute Gasteiger partial charge is 0.301 e. The molecule has 1 aromatic heterocycles. The highest BCUT2D eigenvalue weighted by atomic mass is 32.2. The molecule has 6 nitrogen and oxygen atoms in total. The molecule has 0 aliphatic carbocycles. The molecule has 0 bridgehead atoms. The van der Waals surface area contributed by atoms with Gasteiger partial charge in [-0.2, -0.15) is 8.42 Å². The highest BCUT2D eigenvalue weighted by Gasteiger charge is 2.17. The van der Waals surface area contributed by atoms with Crippen LogP contribution in [-0.4, -0.2) is 17.7 Å². The predicted molar refractivity (Wildman–Crippen MR) is 34.8 cm³/mol. The van der Waals surface area contributed by atoms with Gasteiger partial charge in [0, 0.05) is 6.07 Å². The molecule has 7 heteroatoms. The molecule has 0 spiro atoms. The third kappa shape index (κ3) is 1.39. The fourth-order valence-corrected chi connectivity index (χ4v) is 1.41. The molecular formula is C4H8N3O3S+. The monoisotopic (exact) mass is 178 g/mol. The van der Waals surface area contributed by atoms with E-state index in [1.807, 2.05) is 0 Å². The average Bonchev–Trinajstić information content (AvgIpc) is 2.36. The number of hydrogen-bond donors (Lipinski definition) is 2. The van der Waals surface area contributed by atoms with Crippen LogP contribution in [0, 0.1) is 0 Å². The van der Waals surface area contributed by atoms with E-state index in [-0.39, 0.29) is 0 Å². The maximum Gasteiger partial charge on any atom is 0.372 e. The van der Waals surface area contributed by atoms with Crippen molar-refractivity contribution in [2.45, 2.75) is 0 Å². The topological polar surface area (TPSA) is 75.2 Å². The van der Waals surface area contributed by atoms with Crippen LogP contribution in [0.2, 0.25) is 0 Å². The quantitative estimate of drug-likeness (QED) is 0.422. The summed E-state index contributed by atoms with van der Waals surface area (Å²) in [4.78, 5) is 1.20. The minimum atomic E-state index is -3.80. The van der Waals surface area contributed by atoms with Crippen LogP contribution in [0.3, 0.4) is 0 Å². The normalized spacial score (nSPS) is 11.8. The van der Waals surface area contributed by atoms with E-state index in [0.29, 0.717) is 0 Å². The van der Waals surface area contributed by atoms with Crippen molar-refractivity contribution < 1.29 is 18.3 Å². The van der Waals surface area contributed by atoms with Crippen molar-refractivity contribution in [3.63, 3.8) is 0 Å². The number of aryl methyl sites for hydroxylation is 1. The number of aromatic nitrogens is 2. The Morgan fingerprint density at radius 1 is 1.64 bits per heavy atom. The molecule has 2 N–H and O–H groups in total. The number of nitrogens with one attached hydrogen (secondary N) is 1. The maximum absolute atomic E-state index is 10.9. The zero-order valence-corrected chi connectivity index (χ0v) is 6.61. The van der Waals surface area contributed by atoms with Crippen LogP contribution in [0.25, 0.3) is 0 Å². The lowest BCUT2D eigenvalue weighted by Crippen LogP contribution is -2.45. The Bertz CT molecular complexity index is 341. The van der Waals surface area contributed by atoms with Gasteiger partial charge in [-0.15, -0.1) is 4.68 Å². The fourth-order valence-electron chi connectivity index (χ4n) is 0.699. The zero-order valence-electron chi connectivity index (χ0n) is 5.80. The Balaban J connectivity index is 3.22. The average molecular weight is 178 g/mol. The van der Waals surface area contributed by atoms with Gasteiger partial charge in [-0.05, 0) is 4.09 Å². The summed E-state index contributed by atoms with van der Waals surface area (Å²) in [5.41, 5.74) is 0. The molecule has 1 rings (SSSR count). The number of hydrogen-bond acceptors (Lipinski definition) is 3. The van der Waals surface area contributed by atoms with Crippen LogP contribution in [0.4, 0.5) is 0 Å². The van der Waals surface area contributed by atoms with Crippen LogP contribution >= 0.6 is 0 Å². The second-order valence-electron chi connectivity index (χ2n) is 1.93. The van der Waals surface area contributed by atoms with Gasteiger partial charge in [-0.3, -0.25) is 0 Å². The number of nitrogens with zero attached hydrogens (tertiary/aromatic N) is 2. The minimum Gasteiger partial charge on any atom is -0.301 e. The summed E-state index contributed by atoms with van der Waals surface area (Å²) in [6.07, 6.45) is 2.84. The molecule has 0 aromatic carbocycles. The third-order valence-electron chi connectivity index (χ3n) is 1.19. The molecule has 0 saturated heterocycles. The highest BCUT2D eigenvalue weighted by molar-refractivity contribution is 7.87. The Morgan fingerprint density at radius 3 is 2.64 bits per heavy atom. The largest absolute Gasteiger partial charge is 0.372 e. The Hall–Kier alpha value is -0.920. The Morgan fingerprint density at radius 2 is 2.27 bits per heavy atom. The van der Waals surface area contributed by atoms with Gasteiger partial charge < -0.3 is 5.21 Å². The first-order chi connectivity index (χ1) is 5.08. The molecule has 0 saturated carbocycles. The van der Waals surface area contributed by atoms with E-state index >= 15 is 0 Å². The second kappa shape index (κ2) is 2.61. The minimum absolute atomic E-state index is 0.854. The van der Waals surface area contributed by atoms with Gasteiger partial charge in [-0.1, -0.05) is 4.89 Å². The van der Waals surface area contributed by atoms with E-state index < -0.39 is 10.2 Å². The summed E-state index contributed by atoms with van der Waals surface area (Å²) in [6.45, 7) is 0. The third-order valence-corrected chi connectivity index (χ3v) is 2.29. The fraction of sp³-hybridized carbons (Fsp3) is 0.250. The molecule has 0 atom stereocenters. The molecule has 0 aliphatic rings. The summed E-state index contributed by atoms with van der Waals surface area (Å²) in [5, 5.41) is 8.22. The van der Waals surface area contributed by atoms with E-state index in [9.17, 15) is 8.42 Å². The van der Waals surface area contributed by atoms with E-state index in [1.54, 1.807) is 0 Å². The SMILES string of the molecule is C[n+]1cccn1S(=O)(=O)NO. The number of rotatable bonds is 2. The van der Waals surface area contributed by atoms with Gasteiger partial charge in [0.1, 0.15) is 0 Å². The summed E-state index contributed by atoms with van der Waals surface area (Å²) < 4.78 is 23.9. The second-order valence-corrected chi connectivity index (χ2v) is 3.44. The summed E-state index contributed by atoms with van der Waals surface area (Å²) in [7, 11) is -2.26. The van der Waals surface area contributed by atoms with Crippen LogP contribution in [0.5, 0.6) is 0 Å². The Labute approximate surface area is 63.8 Å². The lowest BCUT2D eigenvalue weighted by atomic mass is 10.8. The molecule has 0 radical (unpaired) electrons. The maximum atomic E-state index is 10.9. The van der Waals surface area contributed by atoms with Crippen LogP contribution in [0.1, 0.15) is 0 Å². The molecule has 1 aromatic rings. The van der Waals surface area contributed by atoms with Gasteiger partial charge in [0.25, 0.3) is 0 Å². The molecule has 0 amide bonds. The van der Waals surface area contributed by atoms with Crippen molar-refractivity contribution in [1.29, 1.82) is 0 Å². The van der Waals surface area contributed by atoms with E-state index in [2.05, 4.69) is 0 Å². The van der Waals surface area contributed by atoms with Crippen molar-refractivity contribution in [2.24, 2.45) is 7.05 Å². The van der Waals surface area contributed by atoms with E-state index in [0.717, 1.165) is 4.09 Å². The first-order valence-corrected chi connectivity index (χ1v) is 4.21. The van der Waals surface area contributed by atoms with E-state index in [4.69, 9.17) is 5.21 Å². The van der Waals surface area contributed by atoms with Crippen molar-refractivity contribution in [3.05, 3.63) is 18.5 Å². The molecule has 11 heavy (non-hydrogen) atoms. The van der Waals surface area contributed by atoms with Crippen molar-refractivity contribution in [3.8, 4) is 0 Å². The van der Waals surface area contributed by atoms with Gasteiger partial charge in [0.2, 0.25) is 0 Å². The van der Waals surface area contributed by atoms with Crippen molar-refractivity contribution in [1.82, 2.24) is 8.97 Å². The van der Waals surface area contributed by atoms with Crippen LogP contribution < -0.4 is 9.57 Å². The van der Waals surface area contributed by atoms with Gasteiger partial charge in [-0.25, -0.2) is 0 Å². The van der Waals surface area contributed by atoms with Crippen LogP contribution in [0.15, 0.2) is 18.5 Å².